The molecule has 0 unspecified atom stereocenters. The summed E-state index contributed by atoms with van der Waals surface area (Å²) in [6.45, 7) is 1.76. The molecule has 3 rings (SSSR count). The van der Waals surface area contributed by atoms with Crippen molar-refractivity contribution in [3.8, 4) is 5.75 Å². The van der Waals surface area contributed by atoms with E-state index < -0.39 is 0 Å². The maximum Gasteiger partial charge on any atom is 0.191 e. The van der Waals surface area contributed by atoms with Crippen LogP contribution in [0.15, 0.2) is 30.5 Å². The van der Waals surface area contributed by atoms with Crippen LogP contribution in [-0.2, 0) is 9.47 Å². The quantitative estimate of drug-likeness (QED) is 0.857. The van der Waals surface area contributed by atoms with Crippen LogP contribution in [0.3, 0.4) is 0 Å². The minimum absolute atomic E-state index is 0.220. The molecule has 0 amide bonds. The number of aromatic nitrogens is 1. The molecule has 1 fully saturated rings. The van der Waals surface area contributed by atoms with Gasteiger partial charge in [-0.1, -0.05) is 0 Å². The van der Waals surface area contributed by atoms with Crippen molar-refractivity contribution in [1.29, 1.82) is 0 Å². The summed E-state index contributed by atoms with van der Waals surface area (Å²) in [5.74, 6) is 0.839. The molecule has 4 nitrogen and oxygen atoms in total. The van der Waals surface area contributed by atoms with E-state index in [1.54, 1.807) is 0 Å². The van der Waals surface area contributed by atoms with Crippen LogP contribution in [-0.4, -0.2) is 31.1 Å². The molecule has 0 radical (unpaired) electrons. The van der Waals surface area contributed by atoms with E-state index in [1.165, 1.54) is 0 Å². The average Bonchev–Trinajstić information content (AvgIpc) is 2.97. The number of fused-ring (bicyclic) bond motifs is 1. The van der Waals surface area contributed by atoms with Crippen molar-refractivity contribution in [2.45, 2.75) is 6.29 Å². The Morgan fingerprint density at radius 1 is 1.25 bits per heavy atom. The Labute approximate surface area is 93.1 Å². The predicted molar refractivity (Wildman–Crippen MR) is 59.5 cm³/mol. The van der Waals surface area contributed by atoms with Crippen LogP contribution in [0.4, 0.5) is 0 Å². The fourth-order valence-corrected chi connectivity index (χ4v) is 1.79. The van der Waals surface area contributed by atoms with Crippen LogP contribution >= 0.6 is 0 Å². The molecule has 1 N–H and O–H groups in total. The van der Waals surface area contributed by atoms with Crippen LogP contribution in [0, 0.1) is 0 Å². The molecule has 2 aromatic rings. The van der Waals surface area contributed by atoms with Gasteiger partial charge < -0.3 is 19.2 Å². The van der Waals surface area contributed by atoms with E-state index in [0.717, 1.165) is 16.7 Å². The number of rotatable bonds is 3. The SMILES string of the molecule is c1cc2cc(OCC3OCCO3)ccc2[nH]1. The normalized spacial score (nSPS) is 17.0. The molecule has 1 aliphatic rings. The summed E-state index contributed by atoms with van der Waals surface area (Å²) in [6.07, 6.45) is 1.69. The van der Waals surface area contributed by atoms with Gasteiger partial charge in [-0.25, -0.2) is 0 Å². The number of hydrogen-bond donors (Lipinski definition) is 1. The molecule has 1 saturated heterocycles. The molecule has 2 heterocycles. The minimum atomic E-state index is -0.220. The molecule has 4 heteroatoms. The first kappa shape index (κ1) is 9.69. The highest BCUT2D eigenvalue weighted by Gasteiger charge is 2.16. The first-order valence-electron chi connectivity index (χ1n) is 5.35. The maximum atomic E-state index is 5.60. The second-order valence-electron chi connectivity index (χ2n) is 3.71. The van der Waals surface area contributed by atoms with E-state index in [1.807, 2.05) is 30.5 Å². The largest absolute Gasteiger partial charge is 0.488 e. The molecular formula is C12H13NO3. The zero-order chi connectivity index (χ0) is 10.8. The Balaban J connectivity index is 1.68. The summed E-state index contributed by atoms with van der Waals surface area (Å²) in [4.78, 5) is 3.14. The van der Waals surface area contributed by atoms with Gasteiger partial charge in [0.15, 0.2) is 6.29 Å². The zero-order valence-electron chi connectivity index (χ0n) is 8.81. The lowest BCUT2D eigenvalue weighted by Crippen LogP contribution is -2.18. The first-order valence-corrected chi connectivity index (χ1v) is 5.35. The smallest absolute Gasteiger partial charge is 0.191 e. The van der Waals surface area contributed by atoms with Gasteiger partial charge in [0.25, 0.3) is 0 Å². The second-order valence-corrected chi connectivity index (χ2v) is 3.71. The fourth-order valence-electron chi connectivity index (χ4n) is 1.79. The Kier molecular flexibility index (Phi) is 2.52. The van der Waals surface area contributed by atoms with Crippen LogP contribution in [0.5, 0.6) is 5.75 Å². The first-order chi connectivity index (χ1) is 7.92. The fraction of sp³-hybridized carbons (Fsp3) is 0.333. The number of nitrogens with one attached hydrogen (secondary N) is 1. The number of hydrogen-bond acceptors (Lipinski definition) is 3. The van der Waals surface area contributed by atoms with Crippen LogP contribution in [0.25, 0.3) is 10.9 Å². The van der Waals surface area contributed by atoms with E-state index >= 15 is 0 Å². The molecule has 1 aliphatic heterocycles. The van der Waals surface area contributed by atoms with E-state index in [-0.39, 0.29) is 6.29 Å². The Morgan fingerprint density at radius 3 is 3.00 bits per heavy atom. The van der Waals surface area contributed by atoms with Gasteiger partial charge in [-0.05, 0) is 24.3 Å². The molecule has 0 saturated carbocycles. The molecule has 16 heavy (non-hydrogen) atoms. The number of H-pyrrole nitrogens is 1. The molecular weight excluding hydrogens is 206 g/mol. The molecule has 1 aromatic carbocycles. The summed E-state index contributed by atoms with van der Waals surface area (Å²) in [5.41, 5.74) is 1.11. The van der Waals surface area contributed by atoms with Gasteiger partial charge in [0.05, 0.1) is 13.2 Å². The van der Waals surface area contributed by atoms with Gasteiger partial charge in [-0.3, -0.25) is 0 Å². The highest BCUT2D eigenvalue weighted by Crippen LogP contribution is 2.20. The highest BCUT2D eigenvalue weighted by atomic mass is 16.7. The molecule has 84 valence electrons. The molecule has 0 aliphatic carbocycles. The molecule has 0 atom stereocenters. The van der Waals surface area contributed by atoms with Crippen molar-refractivity contribution in [2.75, 3.05) is 19.8 Å². The third-order valence-corrected chi connectivity index (χ3v) is 2.60. The Morgan fingerprint density at radius 2 is 2.12 bits per heavy atom. The maximum absolute atomic E-state index is 5.60. The van der Waals surface area contributed by atoms with Gasteiger partial charge >= 0.3 is 0 Å². The third-order valence-electron chi connectivity index (χ3n) is 2.60. The van der Waals surface area contributed by atoms with E-state index in [0.29, 0.717) is 19.8 Å². The lowest BCUT2D eigenvalue weighted by Gasteiger charge is -2.10. The zero-order valence-corrected chi connectivity index (χ0v) is 8.81. The van der Waals surface area contributed by atoms with Crippen LogP contribution in [0.1, 0.15) is 0 Å². The van der Waals surface area contributed by atoms with Gasteiger partial charge in [0.1, 0.15) is 12.4 Å². The van der Waals surface area contributed by atoms with E-state index in [9.17, 15) is 0 Å². The summed E-state index contributed by atoms with van der Waals surface area (Å²) in [6, 6.07) is 7.96. The summed E-state index contributed by atoms with van der Waals surface area (Å²) < 4.78 is 16.2. The molecule has 1 aromatic heterocycles. The van der Waals surface area contributed by atoms with Gasteiger partial charge in [0, 0.05) is 17.1 Å². The lowest BCUT2D eigenvalue weighted by atomic mass is 10.2. The monoisotopic (exact) mass is 219 g/mol. The highest BCUT2D eigenvalue weighted by molar-refractivity contribution is 5.80. The van der Waals surface area contributed by atoms with Crippen molar-refractivity contribution in [3.63, 3.8) is 0 Å². The van der Waals surface area contributed by atoms with E-state index in [4.69, 9.17) is 14.2 Å². The molecule has 0 bridgehead atoms. The standard InChI is InChI=1S/C12H13NO3/c1-2-11-9(3-4-13-11)7-10(1)16-8-12-14-5-6-15-12/h1-4,7,12-13H,5-6,8H2. The predicted octanol–water partition coefficient (Wildman–Crippen LogP) is 1.92. The topological polar surface area (TPSA) is 43.5 Å². The van der Waals surface area contributed by atoms with Crippen LogP contribution in [0.2, 0.25) is 0 Å². The number of aromatic amines is 1. The van der Waals surface area contributed by atoms with E-state index in [2.05, 4.69) is 4.98 Å². The van der Waals surface area contributed by atoms with Gasteiger partial charge in [0.2, 0.25) is 0 Å². The van der Waals surface area contributed by atoms with Crippen LogP contribution < -0.4 is 4.74 Å². The van der Waals surface area contributed by atoms with Crippen molar-refractivity contribution in [3.05, 3.63) is 30.5 Å². The van der Waals surface area contributed by atoms with Crippen molar-refractivity contribution in [1.82, 2.24) is 4.98 Å². The minimum Gasteiger partial charge on any atom is -0.488 e. The number of ether oxygens (including phenoxy) is 3. The summed E-state index contributed by atoms with van der Waals surface area (Å²) >= 11 is 0. The van der Waals surface area contributed by atoms with Gasteiger partial charge in [-0.2, -0.15) is 0 Å². The van der Waals surface area contributed by atoms with Gasteiger partial charge in [-0.15, -0.1) is 0 Å². The summed E-state index contributed by atoms with van der Waals surface area (Å²) in [5, 5.41) is 1.14. The summed E-state index contributed by atoms with van der Waals surface area (Å²) in [7, 11) is 0. The van der Waals surface area contributed by atoms with Crippen molar-refractivity contribution < 1.29 is 14.2 Å². The Hall–Kier alpha value is -1.52. The van der Waals surface area contributed by atoms with Crippen molar-refractivity contribution in [2.24, 2.45) is 0 Å². The van der Waals surface area contributed by atoms with Crippen molar-refractivity contribution >= 4 is 10.9 Å². The number of benzene rings is 1. The lowest BCUT2D eigenvalue weighted by molar-refractivity contribution is -0.0683. The average molecular weight is 219 g/mol. The molecule has 0 spiro atoms. The third kappa shape index (κ3) is 1.89. The Bertz CT molecular complexity index is 474. The second kappa shape index (κ2) is 4.15.